The van der Waals surface area contributed by atoms with Gasteiger partial charge in [-0.2, -0.15) is 0 Å². The maximum Gasteiger partial charge on any atom is 0.375 e. The number of carbonyl (C=O) groups is 2. The van der Waals surface area contributed by atoms with Crippen molar-refractivity contribution in [2.75, 3.05) is 5.32 Å². The van der Waals surface area contributed by atoms with Crippen molar-refractivity contribution in [3.8, 4) is 0 Å². The summed E-state index contributed by atoms with van der Waals surface area (Å²) in [5, 5.41) is 3.59. The van der Waals surface area contributed by atoms with E-state index in [1.54, 1.807) is 19.1 Å². The summed E-state index contributed by atoms with van der Waals surface area (Å²) in [5.41, 5.74) is 2.98. The first-order valence-electron chi connectivity index (χ1n) is 8.13. The van der Waals surface area contributed by atoms with E-state index in [4.69, 9.17) is 9.15 Å². The number of esters is 1. The number of nitrogens with one attached hydrogen (secondary N) is 1. The zero-order valence-corrected chi connectivity index (χ0v) is 16.2. The van der Waals surface area contributed by atoms with E-state index < -0.39 is 18.0 Å². The number of halogens is 1. The van der Waals surface area contributed by atoms with E-state index in [1.807, 2.05) is 37.3 Å². The summed E-state index contributed by atoms with van der Waals surface area (Å²) < 4.78 is 11.6. The van der Waals surface area contributed by atoms with Gasteiger partial charge in [-0.05, 0) is 60.5 Å². The average molecular weight is 416 g/mol. The summed E-state index contributed by atoms with van der Waals surface area (Å²) in [5.74, 6) is -0.969. The Morgan fingerprint density at radius 1 is 1.15 bits per heavy atom. The Balaban J connectivity index is 1.71. The summed E-state index contributed by atoms with van der Waals surface area (Å²) in [4.78, 5) is 24.7. The number of ether oxygens (including phenoxy) is 1. The van der Waals surface area contributed by atoms with Crippen LogP contribution >= 0.6 is 15.9 Å². The van der Waals surface area contributed by atoms with Crippen molar-refractivity contribution in [2.24, 2.45) is 0 Å². The Kier molecular flexibility index (Phi) is 5.13. The first-order chi connectivity index (χ1) is 12.4. The number of furan rings is 1. The van der Waals surface area contributed by atoms with Crippen LogP contribution in [0.1, 0.15) is 28.6 Å². The number of anilines is 1. The molecule has 3 aromatic rings. The number of hydrogen-bond acceptors (Lipinski definition) is 4. The zero-order chi connectivity index (χ0) is 18.8. The Bertz CT molecular complexity index is 993. The molecule has 26 heavy (non-hydrogen) atoms. The molecule has 0 aliphatic heterocycles. The molecule has 0 saturated heterocycles. The van der Waals surface area contributed by atoms with Gasteiger partial charge in [0.15, 0.2) is 6.10 Å². The van der Waals surface area contributed by atoms with E-state index in [0.29, 0.717) is 16.8 Å². The number of rotatable bonds is 4. The van der Waals surface area contributed by atoms with Gasteiger partial charge in [-0.25, -0.2) is 4.79 Å². The highest BCUT2D eigenvalue weighted by Crippen LogP contribution is 2.26. The molecule has 0 fully saturated rings. The maximum absolute atomic E-state index is 12.4. The zero-order valence-electron chi connectivity index (χ0n) is 14.6. The van der Waals surface area contributed by atoms with Gasteiger partial charge in [-0.1, -0.05) is 24.3 Å². The predicted octanol–water partition coefficient (Wildman–Crippen LogP) is 5.00. The molecule has 0 aliphatic rings. The van der Waals surface area contributed by atoms with Crippen LogP contribution < -0.4 is 5.32 Å². The lowest BCUT2D eigenvalue weighted by Gasteiger charge is -2.14. The van der Waals surface area contributed by atoms with Gasteiger partial charge >= 0.3 is 5.97 Å². The number of aryl methyl sites for hydroxylation is 2. The molecular formula is C20H18BrNO4. The Hall–Kier alpha value is -2.60. The van der Waals surface area contributed by atoms with Crippen LogP contribution in [-0.4, -0.2) is 18.0 Å². The van der Waals surface area contributed by atoms with E-state index in [2.05, 4.69) is 21.2 Å². The maximum atomic E-state index is 12.4. The molecule has 1 atom stereocenters. The van der Waals surface area contributed by atoms with Crippen LogP contribution in [0.2, 0.25) is 0 Å². The standard InChI is InChI=1S/C20H18BrNO4/c1-11-8-9-16(15(21)10-11)22-19(23)13(3)25-20(24)18-12(2)14-6-4-5-7-17(14)26-18/h4-10,13H,1-3H3,(H,22,23)/t13-/m0/s1. The van der Waals surface area contributed by atoms with E-state index >= 15 is 0 Å². The monoisotopic (exact) mass is 415 g/mol. The molecular weight excluding hydrogens is 398 g/mol. The van der Waals surface area contributed by atoms with Gasteiger partial charge in [0.2, 0.25) is 5.76 Å². The molecule has 0 aliphatic carbocycles. The first-order valence-corrected chi connectivity index (χ1v) is 8.92. The van der Waals surface area contributed by atoms with E-state index in [9.17, 15) is 9.59 Å². The van der Waals surface area contributed by atoms with Crippen LogP contribution in [-0.2, 0) is 9.53 Å². The molecule has 134 valence electrons. The molecule has 0 unspecified atom stereocenters. The predicted molar refractivity (Wildman–Crippen MR) is 103 cm³/mol. The number of amides is 1. The smallest absolute Gasteiger partial charge is 0.375 e. The summed E-state index contributed by atoms with van der Waals surface area (Å²) in [6.45, 7) is 5.26. The SMILES string of the molecule is Cc1ccc(NC(=O)[C@H](C)OC(=O)c2oc3ccccc3c2C)c(Br)c1. The van der Waals surface area contributed by atoms with Crippen molar-refractivity contribution in [3.05, 3.63) is 63.8 Å². The van der Waals surface area contributed by atoms with E-state index in [-0.39, 0.29) is 5.76 Å². The Morgan fingerprint density at radius 3 is 2.58 bits per heavy atom. The minimum Gasteiger partial charge on any atom is -0.449 e. The summed E-state index contributed by atoms with van der Waals surface area (Å²) in [6, 6.07) is 12.9. The fraction of sp³-hybridized carbons (Fsp3) is 0.200. The molecule has 2 aromatic carbocycles. The molecule has 1 N–H and O–H groups in total. The van der Waals surface area contributed by atoms with Crippen LogP contribution in [0.4, 0.5) is 5.69 Å². The highest BCUT2D eigenvalue weighted by molar-refractivity contribution is 9.10. The third kappa shape index (κ3) is 3.65. The summed E-state index contributed by atoms with van der Waals surface area (Å²) in [6.07, 6.45) is -0.969. The van der Waals surface area contributed by atoms with Crippen LogP contribution in [0, 0.1) is 13.8 Å². The molecule has 0 bridgehead atoms. The fourth-order valence-electron chi connectivity index (χ4n) is 2.59. The van der Waals surface area contributed by atoms with Gasteiger partial charge in [-0.15, -0.1) is 0 Å². The van der Waals surface area contributed by atoms with E-state index in [0.717, 1.165) is 15.4 Å². The van der Waals surface area contributed by atoms with Crippen molar-refractivity contribution in [2.45, 2.75) is 26.9 Å². The van der Waals surface area contributed by atoms with Crippen LogP contribution in [0.15, 0.2) is 51.4 Å². The van der Waals surface area contributed by atoms with Crippen molar-refractivity contribution < 1.29 is 18.7 Å². The minimum absolute atomic E-state index is 0.113. The van der Waals surface area contributed by atoms with Crippen LogP contribution in [0.3, 0.4) is 0 Å². The van der Waals surface area contributed by atoms with Crippen molar-refractivity contribution in [1.29, 1.82) is 0 Å². The van der Waals surface area contributed by atoms with Crippen molar-refractivity contribution >= 4 is 44.5 Å². The number of benzene rings is 2. The lowest BCUT2D eigenvalue weighted by atomic mass is 10.1. The molecule has 0 radical (unpaired) electrons. The summed E-state index contributed by atoms with van der Waals surface area (Å²) in [7, 11) is 0. The van der Waals surface area contributed by atoms with Crippen molar-refractivity contribution in [3.63, 3.8) is 0 Å². The van der Waals surface area contributed by atoms with Gasteiger partial charge in [-0.3, -0.25) is 4.79 Å². The lowest BCUT2D eigenvalue weighted by Crippen LogP contribution is -2.30. The average Bonchev–Trinajstić information content (AvgIpc) is 2.94. The molecule has 0 spiro atoms. The quantitative estimate of drug-likeness (QED) is 0.608. The van der Waals surface area contributed by atoms with Gasteiger partial charge in [0.1, 0.15) is 5.58 Å². The normalized spacial score (nSPS) is 12.0. The first kappa shape index (κ1) is 18.2. The van der Waals surface area contributed by atoms with E-state index in [1.165, 1.54) is 6.92 Å². The molecule has 1 heterocycles. The second-order valence-corrected chi connectivity index (χ2v) is 6.93. The van der Waals surface area contributed by atoms with Crippen LogP contribution in [0.5, 0.6) is 0 Å². The third-order valence-corrected chi connectivity index (χ3v) is 4.72. The summed E-state index contributed by atoms with van der Waals surface area (Å²) >= 11 is 3.40. The molecule has 3 rings (SSSR count). The number of fused-ring (bicyclic) bond motifs is 1. The van der Waals surface area contributed by atoms with Crippen molar-refractivity contribution in [1.82, 2.24) is 0 Å². The van der Waals surface area contributed by atoms with Gasteiger partial charge in [0.25, 0.3) is 5.91 Å². The van der Waals surface area contributed by atoms with Gasteiger partial charge < -0.3 is 14.5 Å². The topological polar surface area (TPSA) is 68.5 Å². The molecule has 0 saturated carbocycles. The third-order valence-electron chi connectivity index (χ3n) is 4.06. The molecule has 1 aromatic heterocycles. The Morgan fingerprint density at radius 2 is 1.88 bits per heavy atom. The minimum atomic E-state index is -0.969. The largest absolute Gasteiger partial charge is 0.449 e. The Labute approximate surface area is 159 Å². The van der Waals surface area contributed by atoms with Gasteiger partial charge in [0, 0.05) is 15.4 Å². The molecule has 5 nitrogen and oxygen atoms in total. The highest BCUT2D eigenvalue weighted by atomic mass is 79.9. The van der Waals surface area contributed by atoms with Crippen LogP contribution in [0.25, 0.3) is 11.0 Å². The molecule has 1 amide bonds. The number of carbonyl (C=O) groups excluding carboxylic acids is 2. The second-order valence-electron chi connectivity index (χ2n) is 6.07. The lowest BCUT2D eigenvalue weighted by molar-refractivity contribution is -0.123. The fourth-order valence-corrected chi connectivity index (χ4v) is 3.18. The molecule has 6 heteroatoms. The number of hydrogen-bond donors (Lipinski definition) is 1. The highest BCUT2D eigenvalue weighted by Gasteiger charge is 2.24. The van der Waals surface area contributed by atoms with Gasteiger partial charge in [0.05, 0.1) is 5.69 Å². The number of para-hydroxylation sites is 1. The second kappa shape index (κ2) is 7.33.